The highest BCUT2D eigenvalue weighted by Gasteiger charge is 2.20. The number of benzene rings is 1. The van der Waals surface area contributed by atoms with Gasteiger partial charge in [-0.05, 0) is 31.0 Å². The van der Waals surface area contributed by atoms with Gasteiger partial charge >= 0.3 is 0 Å². The zero-order chi connectivity index (χ0) is 19.4. The zero-order valence-electron chi connectivity index (χ0n) is 15.2. The summed E-state index contributed by atoms with van der Waals surface area (Å²) in [6.07, 6.45) is 5.81. The van der Waals surface area contributed by atoms with Gasteiger partial charge in [0.2, 0.25) is 0 Å². The van der Waals surface area contributed by atoms with E-state index in [0.717, 1.165) is 24.2 Å². The van der Waals surface area contributed by atoms with Gasteiger partial charge in [0.05, 0.1) is 22.6 Å². The third kappa shape index (κ3) is 2.65. The van der Waals surface area contributed by atoms with E-state index < -0.39 is 11.6 Å². The van der Waals surface area contributed by atoms with Crippen molar-refractivity contribution in [2.45, 2.75) is 12.8 Å². The van der Waals surface area contributed by atoms with Gasteiger partial charge in [-0.3, -0.25) is 4.68 Å². The second kappa shape index (κ2) is 6.31. The number of aryl methyl sites for hydroxylation is 1. The Hall–Kier alpha value is -2.93. The van der Waals surface area contributed by atoms with Crippen LogP contribution in [0, 0.1) is 5.82 Å². The molecule has 0 unspecified atom stereocenters. The number of nitrogens with zero attached hydrogens (tertiary/aromatic N) is 5. The molecule has 3 aromatic heterocycles. The molecular weight excluding hydrogens is 381 g/mol. The topological polar surface area (TPSA) is 67.1 Å². The molecule has 0 aliphatic carbocycles. The molecular formula is C20H17ClFN5O. The summed E-state index contributed by atoms with van der Waals surface area (Å²) in [4.78, 5) is 11.3. The van der Waals surface area contributed by atoms with Gasteiger partial charge in [0.25, 0.3) is 0 Å². The van der Waals surface area contributed by atoms with E-state index in [2.05, 4.69) is 20.0 Å². The van der Waals surface area contributed by atoms with Crippen molar-refractivity contribution >= 4 is 39.2 Å². The molecule has 8 heteroatoms. The molecule has 0 radical (unpaired) electrons. The summed E-state index contributed by atoms with van der Waals surface area (Å²) in [5, 5.41) is 16.2. The first-order chi connectivity index (χ1) is 13.5. The highest BCUT2D eigenvalue weighted by Crippen LogP contribution is 2.38. The van der Waals surface area contributed by atoms with Crippen LogP contribution in [0.4, 0.5) is 10.1 Å². The maximum atomic E-state index is 14.6. The van der Waals surface area contributed by atoms with E-state index in [1.54, 1.807) is 31.6 Å². The van der Waals surface area contributed by atoms with Crippen LogP contribution in [0.5, 0.6) is 5.75 Å². The van der Waals surface area contributed by atoms with Crippen molar-refractivity contribution in [1.29, 1.82) is 0 Å². The largest absolute Gasteiger partial charge is 0.504 e. The molecule has 1 saturated heterocycles. The van der Waals surface area contributed by atoms with E-state index in [4.69, 9.17) is 11.6 Å². The first kappa shape index (κ1) is 17.2. The van der Waals surface area contributed by atoms with E-state index in [0.29, 0.717) is 21.7 Å². The number of hydrogen-bond donors (Lipinski definition) is 1. The predicted molar refractivity (Wildman–Crippen MR) is 107 cm³/mol. The Balaban J connectivity index is 1.66. The van der Waals surface area contributed by atoms with Crippen LogP contribution in [0.15, 0.2) is 30.6 Å². The fourth-order valence-electron chi connectivity index (χ4n) is 3.77. The number of anilines is 1. The number of fused-ring (bicyclic) bond motifs is 2. The summed E-state index contributed by atoms with van der Waals surface area (Å²) in [6, 6.07) is 5.28. The van der Waals surface area contributed by atoms with Gasteiger partial charge in [0.1, 0.15) is 5.52 Å². The van der Waals surface area contributed by atoms with Crippen molar-refractivity contribution in [2.24, 2.45) is 7.05 Å². The number of phenols is 1. The van der Waals surface area contributed by atoms with Gasteiger partial charge in [0.15, 0.2) is 17.2 Å². The van der Waals surface area contributed by atoms with Crippen LogP contribution in [-0.4, -0.2) is 37.9 Å². The van der Waals surface area contributed by atoms with Crippen molar-refractivity contribution in [3.05, 3.63) is 41.4 Å². The Morgan fingerprint density at radius 2 is 1.96 bits per heavy atom. The van der Waals surface area contributed by atoms with Gasteiger partial charge in [-0.2, -0.15) is 5.10 Å². The van der Waals surface area contributed by atoms with Crippen molar-refractivity contribution in [2.75, 3.05) is 18.0 Å². The third-order valence-electron chi connectivity index (χ3n) is 5.17. The van der Waals surface area contributed by atoms with Crippen molar-refractivity contribution < 1.29 is 9.50 Å². The number of pyridine rings is 2. The van der Waals surface area contributed by atoms with Crippen molar-refractivity contribution in [1.82, 2.24) is 19.7 Å². The minimum absolute atomic E-state index is 0.115. The first-order valence-electron chi connectivity index (χ1n) is 9.08. The Morgan fingerprint density at radius 3 is 2.75 bits per heavy atom. The van der Waals surface area contributed by atoms with Gasteiger partial charge in [-0.1, -0.05) is 11.6 Å². The number of aromatic nitrogens is 4. The summed E-state index contributed by atoms with van der Waals surface area (Å²) in [6.45, 7) is 2.02. The summed E-state index contributed by atoms with van der Waals surface area (Å²) in [7, 11) is 1.70. The standard InChI is InChI=1S/C20H17ClFN5O/c1-26-10-11-6-14(19(28)17(22)18(11)25-26)16-8-15(21)13-7-12(9-23-20(13)24-16)27-4-2-3-5-27/h6-10,28H,2-5H2,1H3. The maximum absolute atomic E-state index is 14.6. The molecule has 6 nitrogen and oxygen atoms in total. The fraction of sp³-hybridized carbons (Fsp3) is 0.250. The lowest BCUT2D eigenvalue weighted by atomic mass is 10.1. The van der Waals surface area contributed by atoms with Crippen LogP contribution in [0.1, 0.15) is 12.8 Å². The fourth-order valence-corrected chi connectivity index (χ4v) is 4.02. The van der Waals surface area contributed by atoms with Crippen molar-refractivity contribution in [3.8, 4) is 17.0 Å². The van der Waals surface area contributed by atoms with E-state index in [-0.39, 0.29) is 11.1 Å². The highest BCUT2D eigenvalue weighted by atomic mass is 35.5. The average molecular weight is 398 g/mol. The SMILES string of the molecule is Cn1cc2cc(-c3cc(Cl)c4cc(N5CCCC5)cnc4n3)c(O)c(F)c2n1. The average Bonchev–Trinajstić information content (AvgIpc) is 3.34. The Bertz CT molecular complexity index is 1230. The molecule has 142 valence electrons. The maximum Gasteiger partial charge on any atom is 0.193 e. The molecule has 0 atom stereocenters. The third-order valence-corrected chi connectivity index (χ3v) is 5.49. The molecule has 1 N–H and O–H groups in total. The molecule has 1 fully saturated rings. The molecule has 0 saturated carbocycles. The summed E-state index contributed by atoms with van der Waals surface area (Å²) in [5.74, 6) is -1.27. The molecule has 28 heavy (non-hydrogen) atoms. The molecule has 0 amide bonds. The van der Waals surface area contributed by atoms with Crippen molar-refractivity contribution in [3.63, 3.8) is 0 Å². The van der Waals surface area contributed by atoms with E-state index in [9.17, 15) is 9.50 Å². The Kier molecular flexibility index (Phi) is 3.87. The Morgan fingerprint density at radius 1 is 1.18 bits per heavy atom. The van der Waals surface area contributed by atoms with E-state index >= 15 is 0 Å². The lowest BCUT2D eigenvalue weighted by Gasteiger charge is -2.17. The summed E-state index contributed by atoms with van der Waals surface area (Å²) in [5.41, 5.74) is 2.21. The first-order valence-corrected chi connectivity index (χ1v) is 9.45. The minimum atomic E-state index is -0.775. The van der Waals surface area contributed by atoms with Crippen LogP contribution >= 0.6 is 11.6 Å². The lowest BCUT2D eigenvalue weighted by Crippen LogP contribution is -2.17. The molecule has 4 aromatic rings. The second-order valence-electron chi connectivity index (χ2n) is 7.08. The number of hydrogen-bond acceptors (Lipinski definition) is 5. The normalized spacial score (nSPS) is 14.5. The Labute approximate surface area is 165 Å². The predicted octanol–water partition coefficient (Wildman–Crippen LogP) is 4.28. The highest BCUT2D eigenvalue weighted by molar-refractivity contribution is 6.35. The molecule has 0 spiro atoms. The van der Waals surface area contributed by atoms with Gasteiger partial charge in [-0.15, -0.1) is 0 Å². The van der Waals surface area contributed by atoms with E-state index in [1.807, 2.05) is 6.07 Å². The van der Waals surface area contributed by atoms with Crippen LogP contribution in [0.2, 0.25) is 5.02 Å². The quantitative estimate of drug-likeness (QED) is 0.546. The molecule has 4 heterocycles. The number of halogens is 2. The minimum Gasteiger partial charge on any atom is -0.504 e. The summed E-state index contributed by atoms with van der Waals surface area (Å²) < 4.78 is 16.1. The van der Waals surface area contributed by atoms with Crippen LogP contribution in [0.3, 0.4) is 0 Å². The molecule has 1 aliphatic rings. The van der Waals surface area contributed by atoms with Gasteiger partial charge < -0.3 is 10.0 Å². The number of aromatic hydroxyl groups is 1. The zero-order valence-corrected chi connectivity index (χ0v) is 15.9. The molecule has 1 aliphatic heterocycles. The van der Waals surface area contributed by atoms with Crippen LogP contribution in [0.25, 0.3) is 33.2 Å². The smallest absolute Gasteiger partial charge is 0.193 e. The van der Waals surface area contributed by atoms with Crippen LogP contribution in [-0.2, 0) is 7.05 Å². The van der Waals surface area contributed by atoms with Crippen LogP contribution < -0.4 is 4.90 Å². The monoisotopic (exact) mass is 397 g/mol. The van der Waals surface area contributed by atoms with Gasteiger partial charge in [-0.25, -0.2) is 14.4 Å². The van der Waals surface area contributed by atoms with E-state index in [1.165, 1.54) is 17.5 Å². The van der Waals surface area contributed by atoms with Gasteiger partial charge in [0, 0.05) is 42.7 Å². The lowest BCUT2D eigenvalue weighted by molar-refractivity contribution is 0.437. The second-order valence-corrected chi connectivity index (χ2v) is 7.48. The number of rotatable bonds is 2. The number of phenolic OH excluding ortho intramolecular Hbond substituents is 1. The molecule has 1 aromatic carbocycles. The molecule has 0 bridgehead atoms. The summed E-state index contributed by atoms with van der Waals surface area (Å²) >= 11 is 6.51. The molecule has 5 rings (SSSR count).